The summed E-state index contributed by atoms with van der Waals surface area (Å²) in [6.45, 7) is 4.06. The summed E-state index contributed by atoms with van der Waals surface area (Å²) < 4.78 is 0. The van der Waals surface area contributed by atoms with Gasteiger partial charge in [-0.2, -0.15) is 0 Å². The third kappa shape index (κ3) is 3.68. The summed E-state index contributed by atoms with van der Waals surface area (Å²) in [6, 6.07) is 9.07. The van der Waals surface area contributed by atoms with Crippen molar-refractivity contribution in [2.75, 3.05) is 11.9 Å². The molecule has 106 valence electrons. The Morgan fingerprint density at radius 2 is 2.14 bits per heavy atom. The van der Waals surface area contributed by atoms with Gasteiger partial charge in [-0.05, 0) is 43.7 Å². The van der Waals surface area contributed by atoms with Crippen LogP contribution in [0.25, 0.3) is 0 Å². The van der Waals surface area contributed by atoms with Crippen LogP contribution in [0, 0.1) is 25.7 Å². The lowest BCUT2D eigenvalue weighted by atomic mass is 10.0. The number of nitrogens with one attached hydrogen (secondary N) is 1. The van der Waals surface area contributed by atoms with Crippen LogP contribution in [0.2, 0.25) is 0 Å². The molecule has 0 aliphatic heterocycles. The van der Waals surface area contributed by atoms with Gasteiger partial charge in [0.2, 0.25) is 0 Å². The summed E-state index contributed by atoms with van der Waals surface area (Å²) >= 11 is 0. The molecule has 0 spiro atoms. The van der Waals surface area contributed by atoms with E-state index in [1.807, 2.05) is 32.0 Å². The molecular formula is C17H17N3O. The standard InChI is InChI=1S/C17H17N3O/c1-12-11-15(8-10-19-12)20-17(21)16-7-3-5-14(13(16)2)6-4-9-18/h3,5,7-8,10-11H,9,18H2,1-2H3,(H,19,20,21). The van der Waals surface area contributed by atoms with Crippen LogP contribution in [0.4, 0.5) is 5.69 Å². The fraction of sp³-hybridized carbons (Fsp3) is 0.176. The average Bonchev–Trinajstić information content (AvgIpc) is 2.46. The van der Waals surface area contributed by atoms with E-state index < -0.39 is 0 Å². The van der Waals surface area contributed by atoms with Crippen LogP contribution in [0.5, 0.6) is 0 Å². The summed E-state index contributed by atoms with van der Waals surface area (Å²) in [6.07, 6.45) is 1.67. The van der Waals surface area contributed by atoms with Crippen LogP contribution in [0.3, 0.4) is 0 Å². The number of aryl methyl sites for hydroxylation is 1. The lowest BCUT2D eigenvalue weighted by Gasteiger charge is -2.09. The van der Waals surface area contributed by atoms with Crippen molar-refractivity contribution < 1.29 is 4.79 Å². The topological polar surface area (TPSA) is 68.0 Å². The van der Waals surface area contributed by atoms with Crippen LogP contribution >= 0.6 is 0 Å². The van der Waals surface area contributed by atoms with Gasteiger partial charge in [0, 0.05) is 28.7 Å². The molecule has 1 aromatic carbocycles. The normalized spacial score (nSPS) is 9.67. The molecule has 0 saturated heterocycles. The number of pyridine rings is 1. The fourth-order valence-electron chi connectivity index (χ4n) is 1.99. The van der Waals surface area contributed by atoms with E-state index >= 15 is 0 Å². The van der Waals surface area contributed by atoms with Crippen molar-refractivity contribution in [2.24, 2.45) is 5.73 Å². The highest BCUT2D eigenvalue weighted by atomic mass is 16.1. The summed E-state index contributed by atoms with van der Waals surface area (Å²) in [5.41, 5.74) is 9.23. The zero-order valence-electron chi connectivity index (χ0n) is 12.1. The quantitative estimate of drug-likeness (QED) is 0.829. The van der Waals surface area contributed by atoms with Gasteiger partial charge < -0.3 is 11.1 Å². The SMILES string of the molecule is Cc1cc(NC(=O)c2cccc(C#CCN)c2C)ccn1. The minimum Gasteiger partial charge on any atom is -0.322 e. The molecule has 2 rings (SSSR count). The highest BCUT2D eigenvalue weighted by Gasteiger charge is 2.11. The Balaban J connectivity index is 2.27. The summed E-state index contributed by atoms with van der Waals surface area (Å²) in [5.74, 6) is 5.62. The van der Waals surface area contributed by atoms with Crippen molar-refractivity contribution in [3.8, 4) is 11.8 Å². The minimum absolute atomic E-state index is 0.158. The summed E-state index contributed by atoms with van der Waals surface area (Å²) in [5, 5.41) is 2.87. The third-order valence-electron chi connectivity index (χ3n) is 3.06. The monoisotopic (exact) mass is 279 g/mol. The predicted molar refractivity (Wildman–Crippen MR) is 84.0 cm³/mol. The number of hydrogen-bond donors (Lipinski definition) is 2. The molecule has 1 aromatic heterocycles. The molecule has 0 saturated carbocycles. The molecule has 0 aliphatic carbocycles. The van der Waals surface area contributed by atoms with Crippen LogP contribution in [-0.4, -0.2) is 17.4 Å². The second-order valence-corrected chi connectivity index (χ2v) is 4.62. The number of nitrogens with two attached hydrogens (primary N) is 1. The van der Waals surface area contributed by atoms with E-state index in [9.17, 15) is 4.79 Å². The van der Waals surface area contributed by atoms with Crippen molar-refractivity contribution in [3.05, 3.63) is 58.9 Å². The summed E-state index contributed by atoms with van der Waals surface area (Å²) in [7, 11) is 0. The van der Waals surface area contributed by atoms with E-state index in [1.165, 1.54) is 0 Å². The van der Waals surface area contributed by atoms with E-state index in [-0.39, 0.29) is 5.91 Å². The number of hydrogen-bond acceptors (Lipinski definition) is 3. The number of anilines is 1. The van der Waals surface area contributed by atoms with E-state index in [1.54, 1.807) is 18.3 Å². The molecule has 0 atom stereocenters. The van der Waals surface area contributed by atoms with Crippen molar-refractivity contribution in [1.82, 2.24) is 4.98 Å². The van der Waals surface area contributed by atoms with Gasteiger partial charge in [0.25, 0.3) is 5.91 Å². The molecule has 0 aliphatic rings. The van der Waals surface area contributed by atoms with E-state index in [4.69, 9.17) is 5.73 Å². The average molecular weight is 279 g/mol. The number of carbonyl (C=O) groups is 1. The Morgan fingerprint density at radius 3 is 2.86 bits per heavy atom. The number of rotatable bonds is 2. The van der Waals surface area contributed by atoms with Gasteiger partial charge >= 0.3 is 0 Å². The predicted octanol–water partition coefficient (Wildman–Crippen LogP) is 2.26. The molecule has 3 N–H and O–H groups in total. The van der Waals surface area contributed by atoms with E-state index in [2.05, 4.69) is 22.1 Å². The first kappa shape index (κ1) is 14.8. The van der Waals surface area contributed by atoms with Crippen molar-refractivity contribution in [1.29, 1.82) is 0 Å². The number of benzene rings is 1. The second kappa shape index (κ2) is 6.69. The molecule has 0 bridgehead atoms. The van der Waals surface area contributed by atoms with Crippen molar-refractivity contribution in [3.63, 3.8) is 0 Å². The van der Waals surface area contributed by atoms with Gasteiger partial charge in [-0.3, -0.25) is 9.78 Å². The smallest absolute Gasteiger partial charge is 0.255 e. The number of aromatic nitrogens is 1. The lowest BCUT2D eigenvalue weighted by molar-refractivity contribution is 0.102. The van der Waals surface area contributed by atoms with Crippen LogP contribution in [-0.2, 0) is 0 Å². The molecule has 1 amide bonds. The molecule has 0 fully saturated rings. The second-order valence-electron chi connectivity index (χ2n) is 4.62. The Morgan fingerprint density at radius 1 is 1.33 bits per heavy atom. The Bertz CT molecular complexity index is 726. The van der Waals surface area contributed by atoms with Gasteiger partial charge in [-0.15, -0.1) is 0 Å². The molecule has 2 aromatic rings. The zero-order valence-corrected chi connectivity index (χ0v) is 12.1. The van der Waals surface area contributed by atoms with Gasteiger partial charge in [0.1, 0.15) is 0 Å². The first-order chi connectivity index (χ1) is 10.1. The first-order valence-electron chi connectivity index (χ1n) is 6.64. The number of nitrogens with zero attached hydrogens (tertiary/aromatic N) is 1. The van der Waals surface area contributed by atoms with Crippen molar-refractivity contribution in [2.45, 2.75) is 13.8 Å². The molecule has 0 radical (unpaired) electrons. The van der Waals surface area contributed by atoms with Gasteiger partial charge in [-0.1, -0.05) is 17.9 Å². The molecule has 4 nitrogen and oxygen atoms in total. The Labute approximate surface area is 124 Å². The molecule has 1 heterocycles. The molecular weight excluding hydrogens is 262 g/mol. The molecule has 21 heavy (non-hydrogen) atoms. The fourth-order valence-corrected chi connectivity index (χ4v) is 1.99. The Kier molecular flexibility index (Phi) is 4.70. The van der Waals surface area contributed by atoms with Gasteiger partial charge in [0.15, 0.2) is 0 Å². The van der Waals surface area contributed by atoms with Crippen LogP contribution in [0.1, 0.15) is 27.2 Å². The molecule has 4 heteroatoms. The van der Waals surface area contributed by atoms with Crippen molar-refractivity contribution >= 4 is 11.6 Å². The van der Waals surface area contributed by atoms with Gasteiger partial charge in [0.05, 0.1) is 6.54 Å². The Hall–Kier alpha value is -2.64. The maximum atomic E-state index is 12.4. The zero-order chi connectivity index (χ0) is 15.2. The summed E-state index contributed by atoms with van der Waals surface area (Å²) in [4.78, 5) is 16.5. The highest BCUT2D eigenvalue weighted by molar-refractivity contribution is 6.05. The largest absolute Gasteiger partial charge is 0.322 e. The van der Waals surface area contributed by atoms with E-state index in [0.29, 0.717) is 12.1 Å². The highest BCUT2D eigenvalue weighted by Crippen LogP contribution is 2.15. The maximum Gasteiger partial charge on any atom is 0.255 e. The minimum atomic E-state index is -0.158. The van der Waals surface area contributed by atoms with Crippen LogP contribution in [0.15, 0.2) is 36.5 Å². The maximum absolute atomic E-state index is 12.4. The van der Waals surface area contributed by atoms with E-state index in [0.717, 1.165) is 22.5 Å². The number of amides is 1. The first-order valence-corrected chi connectivity index (χ1v) is 6.64. The lowest BCUT2D eigenvalue weighted by Crippen LogP contribution is -2.14. The number of carbonyl (C=O) groups excluding carboxylic acids is 1. The molecule has 0 unspecified atom stereocenters. The van der Waals surface area contributed by atoms with Gasteiger partial charge in [-0.25, -0.2) is 0 Å². The van der Waals surface area contributed by atoms with Crippen LogP contribution < -0.4 is 11.1 Å². The third-order valence-corrected chi connectivity index (χ3v) is 3.06.